The molecule has 238 valence electrons. The Hall–Kier alpha value is -5.12. The number of fused-ring (bicyclic) bond motifs is 3. The molecule has 2 aromatic carbocycles. The van der Waals surface area contributed by atoms with Gasteiger partial charge in [-0.15, -0.1) is 0 Å². The maximum Gasteiger partial charge on any atom is 0.261 e. The summed E-state index contributed by atoms with van der Waals surface area (Å²) in [4.78, 5) is 59.0. The topological polar surface area (TPSA) is 101 Å². The number of amides is 3. The molecule has 3 aromatic heterocycles. The van der Waals surface area contributed by atoms with Gasteiger partial charge in [0.05, 0.1) is 23.2 Å². The number of anilines is 2. The van der Waals surface area contributed by atoms with Crippen molar-refractivity contribution in [3.05, 3.63) is 94.2 Å². The lowest BCUT2D eigenvalue weighted by Crippen LogP contribution is -2.47. The summed E-state index contributed by atoms with van der Waals surface area (Å²) in [5, 5.41) is 1.53. The molecular formula is C36H39N5O5. The fraction of sp³-hybridized carbons (Fsp3) is 0.333. The van der Waals surface area contributed by atoms with Crippen molar-refractivity contribution in [3.8, 4) is 0 Å². The minimum Gasteiger partial charge on any atom is -0.461 e. The van der Waals surface area contributed by atoms with Crippen LogP contribution in [0.1, 0.15) is 37.7 Å². The Kier molecular flexibility index (Phi) is 7.83. The minimum absolute atomic E-state index is 0.0875. The lowest BCUT2D eigenvalue weighted by molar-refractivity contribution is -0.137. The maximum absolute atomic E-state index is 14.1. The van der Waals surface area contributed by atoms with Crippen LogP contribution in [-0.2, 0) is 40.9 Å². The van der Waals surface area contributed by atoms with E-state index in [9.17, 15) is 19.2 Å². The number of para-hydroxylation sites is 1. The molecule has 6 rings (SSSR count). The van der Waals surface area contributed by atoms with Crippen molar-refractivity contribution in [3.63, 3.8) is 0 Å². The standard InChI is InChI=1S/C36H39N5O5/c1-7-41-29-13-12-24(19-30(29)38(6)34(44)36(3,4)35(41)45)21-40(17-16-39-15-14-31-27(33(39)43)18-23(2)46-31)32(42)20-25-22-37(5)28-11-9-8-10-26(25)28/h8-15,18-19,22H,7,16-17,20-21H2,1-6H3. The van der Waals surface area contributed by atoms with Gasteiger partial charge in [-0.1, -0.05) is 24.3 Å². The third-order valence-electron chi connectivity index (χ3n) is 9.07. The summed E-state index contributed by atoms with van der Waals surface area (Å²) >= 11 is 0. The Morgan fingerprint density at radius 1 is 0.935 bits per heavy atom. The first-order valence-corrected chi connectivity index (χ1v) is 15.5. The molecule has 0 saturated carbocycles. The summed E-state index contributed by atoms with van der Waals surface area (Å²) in [5.74, 6) is 0.0334. The van der Waals surface area contributed by atoms with Crippen molar-refractivity contribution in [1.82, 2.24) is 14.0 Å². The molecule has 10 nitrogen and oxygen atoms in total. The molecule has 1 aliphatic rings. The Labute approximate surface area is 267 Å². The molecule has 0 fully saturated rings. The smallest absolute Gasteiger partial charge is 0.261 e. The van der Waals surface area contributed by atoms with E-state index in [1.54, 1.807) is 60.5 Å². The van der Waals surface area contributed by atoms with Gasteiger partial charge in [-0.2, -0.15) is 0 Å². The van der Waals surface area contributed by atoms with Crippen molar-refractivity contribution in [2.24, 2.45) is 12.5 Å². The zero-order valence-electron chi connectivity index (χ0n) is 27.2. The van der Waals surface area contributed by atoms with E-state index in [0.29, 0.717) is 34.6 Å². The summed E-state index contributed by atoms with van der Waals surface area (Å²) in [6, 6.07) is 17.1. The van der Waals surface area contributed by atoms with Gasteiger partial charge in [-0.3, -0.25) is 19.2 Å². The number of hydrogen-bond acceptors (Lipinski definition) is 5. The molecule has 0 spiro atoms. The second-order valence-corrected chi connectivity index (χ2v) is 12.6. The highest BCUT2D eigenvalue weighted by Gasteiger charge is 2.45. The highest BCUT2D eigenvalue weighted by atomic mass is 16.3. The fourth-order valence-electron chi connectivity index (χ4n) is 6.51. The molecule has 0 radical (unpaired) electrons. The van der Waals surface area contributed by atoms with E-state index in [0.717, 1.165) is 22.0 Å². The van der Waals surface area contributed by atoms with Gasteiger partial charge in [-0.25, -0.2) is 0 Å². The summed E-state index contributed by atoms with van der Waals surface area (Å²) in [7, 11) is 3.65. The second-order valence-electron chi connectivity index (χ2n) is 12.6. The number of aryl methyl sites for hydroxylation is 2. The summed E-state index contributed by atoms with van der Waals surface area (Å²) in [5.41, 5.74) is 3.19. The molecule has 0 bridgehead atoms. The first-order chi connectivity index (χ1) is 21.9. The van der Waals surface area contributed by atoms with Crippen LogP contribution in [0.4, 0.5) is 11.4 Å². The van der Waals surface area contributed by atoms with Gasteiger partial charge in [0, 0.05) is 63.6 Å². The lowest BCUT2D eigenvalue weighted by Gasteiger charge is -2.27. The van der Waals surface area contributed by atoms with E-state index in [1.807, 2.05) is 67.2 Å². The predicted molar refractivity (Wildman–Crippen MR) is 179 cm³/mol. The van der Waals surface area contributed by atoms with Gasteiger partial charge in [0.1, 0.15) is 16.8 Å². The average molecular weight is 622 g/mol. The number of rotatable bonds is 8. The van der Waals surface area contributed by atoms with E-state index in [-0.39, 0.29) is 49.3 Å². The van der Waals surface area contributed by atoms with Gasteiger partial charge in [-0.05, 0) is 69.2 Å². The van der Waals surface area contributed by atoms with Crippen molar-refractivity contribution in [2.45, 2.75) is 47.2 Å². The molecule has 10 heteroatoms. The third kappa shape index (κ3) is 5.27. The first kappa shape index (κ1) is 30.9. The molecule has 0 aliphatic carbocycles. The van der Waals surface area contributed by atoms with Crippen LogP contribution in [0.2, 0.25) is 0 Å². The summed E-state index contributed by atoms with van der Waals surface area (Å²) in [6.07, 6.45) is 3.87. The molecule has 46 heavy (non-hydrogen) atoms. The number of carbonyl (C=O) groups excluding carboxylic acids is 3. The number of benzene rings is 2. The van der Waals surface area contributed by atoms with Gasteiger partial charge in [0.2, 0.25) is 17.7 Å². The van der Waals surface area contributed by atoms with Crippen LogP contribution >= 0.6 is 0 Å². The number of pyridine rings is 1. The molecule has 0 unspecified atom stereocenters. The molecule has 0 N–H and O–H groups in total. The molecule has 3 amide bonds. The van der Waals surface area contributed by atoms with Gasteiger partial charge in [0.25, 0.3) is 5.56 Å². The second kappa shape index (κ2) is 11.7. The number of nitrogens with zero attached hydrogens (tertiary/aromatic N) is 5. The van der Waals surface area contributed by atoms with E-state index < -0.39 is 5.41 Å². The van der Waals surface area contributed by atoms with Crippen molar-refractivity contribution < 1.29 is 18.8 Å². The van der Waals surface area contributed by atoms with Gasteiger partial charge < -0.3 is 28.3 Å². The quantitative estimate of drug-likeness (QED) is 0.227. The Balaban J connectivity index is 1.34. The normalized spacial score (nSPS) is 14.7. The maximum atomic E-state index is 14.1. The van der Waals surface area contributed by atoms with Crippen LogP contribution in [0.3, 0.4) is 0 Å². The number of carbonyl (C=O) groups is 3. The van der Waals surface area contributed by atoms with Crippen molar-refractivity contribution >= 4 is 51.0 Å². The highest BCUT2D eigenvalue weighted by Crippen LogP contribution is 2.39. The monoisotopic (exact) mass is 621 g/mol. The molecular weight excluding hydrogens is 582 g/mol. The van der Waals surface area contributed by atoms with Crippen LogP contribution in [0.25, 0.3) is 21.9 Å². The SMILES string of the molecule is CCN1C(=O)C(C)(C)C(=O)N(C)c2cc(CN(CCn3ccc4oc(C)cc4c3=O)C(=O)Cc3cn(C)c4ccccc34)ccc21. The van der Waals surface area contributed by atoms with Crippen molar-refractivity contribution in [2.75, 3.05) is 29.9 Å². The summed E-state index contributed by atoms with van der Waals surface area (Å²) in [6.45, 7) is 8.24. The largest absolute Gasteiger partial charge is 0.461 e. The van der Waals surface area contributed by atoms with Crippen LogP contribution in [0.5, 0.6) is 0 Å². The average Bonchev–Trinajstić information content (AvgIpc) is 3.57. The van der Waals surface area contributed by atoms with Crippen LogP contribution in [-0.4, -0.2) is 51.9 Å². The van der Waals surface area contributed by atoms with Gasteiger partial charge >= 0.3 is 0 Å². The Morgan fingerprint density at radius 2 is 1.70 bits per heavy atom. The van der Waals surface area contributed by atoms with Gasteiger partial charge in [0.15, 0.2) is 0 Å². The molecule has 1 aliphatic heterocycles. The Morgan fingerprint density at radius 3 is 2.46 bits per heavy atom. The van der Waals surface area contributed by atoms with Crippen molar-refractivity contribution in [1.29, 1.82) is 0 Å². The molecule has 5 aromatic rings. The van der Waals surface area contributed by atoms with Crippen LogP contribution in [0, 0.1) is 12.3 Å². The first-order valence-electron chi connectivity index (χ1n) is 15.5. The third-order valence-corrected chi connectivity index (χ3v) is 9.07. The zero-order valence-corrected chi connectivity index (χ0v) is 27.2. The molecule has 4 heterocycles. The number of hydrogen-bond donors (Lipinski definition) is 0. The molecule has 0 saturated heterocycles. The minimum atomic E-state index is -1.22. The predicted octanol–water partition coefficient (Wildman–Crippen LogP) is 5.02. The van der Waals surface area contributed by atoms with Crippen LogP contribution in [0.15, 0.2) is 76.2 Å². The van der Waals surface area contributed by atoms with E-state index in [4.69, 9.17) is 4.42 Å². The lowest BCUT2D eigenvalue weighted by atomic mass is 9.90. The highest BCUT2D eigenvalue weighted by molar-refractivity contribution is 6.20. The summed E-state index contributed by atoms with van der Waals surface area (Å²) < 4.78 is 9.25. The fourth-order valence-corrected chi connectivity index (χ4v) is 6.51. The van der Waals surface area contributed by atoms with E-state index >= 15 is 0 Å². The zero-order chi connectivity index (χ0) is 32.9. The Bertz CT molecular complexity index is 2070. The van der Waals surface area contributed by atoms with E-state index in [1.165, 1.54) is 4.90 Å². The van der Waals surface area contributed by atoms with Crippen LogP contribution < -0.4 is 15.4 Å². The number of aromatic nitrogens is 2. The molecule has 0 atom stereocenters. The number of furan rings is 1. The van der Waals surface area contributed by atoms with E-state index in [2.05, 4.69) is 0 Å².